The summed E-state index contributed by atoms with van der Waals surface area (Å²) in [6.45, 7) is 3.00. The van der Waals surface area contributed by atoms with Crippen LogP contribution in [0.15, 0.2) is 9.42 Å². The first kappa shape index (κ1) is 16.4. The van der Waals surface area contributed by atoms with Crippen molar-refractivity contribution in [2.75, 3.05) is 13.1 Å². The van der Waals surface area contributed by atoms with E-state index >= 15 is 0 Å². The Morgan fingerprint density at radius 2 is 1.96 bits per heavy atom. The molecule has 1 N–H and O–H groups in total. The van der Waals surface area contributed by atoms with Crippen LogP contribution >= 0.6 is 0 Å². The summed E-state index contributed by atoms with van der Waals surface area (Å²) in [7, 11) is -3.79. The third-order valence-corrected chi connectivity index (χ3v) is 6.54. The second-order valence-corrected chi connectivity index (χ2v) is 8.15. The van der Waals surface area contributed by atoms with Gasteiger partial charge in [0.2, 0.25) is 10.0 Å². The molecule has 0 unspecified atom stereocenters. The molecule has 1 aromatic rings. The fraction of sp³-hybridized carbons (Fsp3) is 0.714. The fourth-order valence-corrected chi connectivity index (χ4v) is 4.56. The molecule has 3 rings (SSSR count). The summed E-state index contributed by atoms with van der Waals surface area (Å²) >= 11 is 0. The molecule has 1 aromatic heterocycles. The smallest absolute Gasteiger partial charge is 0.257 e. The number of piperidine rings is 1. The van der Waals surface area contributed by atoms with Gasteiger partial charge in [0.25, 0.3) is 5.91 Å². The second-order valence-electron chi connectivity index (χ2n) is 6.27. The highest BCUT2D eigenvalue weighted by molar-refractivity contribution is 7.89. The van der Waals surface area contributed by atoms with Crippen LogP contribution in [0.5, 0.6) is 0 Å². The lowest BCUT2D eigenvalue weighted by atomic mass is 9.93. The number of rotatable bonds is 4. The third kappa shape index (κ3) is 2.99. The number of carbonyl (C=O) groups excluding carboxylic acids is 1. The van der Waals surface area contributed by atoms with Gasteiger partial charge in [0, 0.05) is 32.0 Å². The molecule has 128 valence electrons. The van der Waals surface area contributed by atoms with E-state index in [4.69, 9.17) is 4.52 Å². The van der Waals surface area contributed by atoms with E-state index in [9.17, 15) is 17.6 Å². The van der Waals surface area contributed by atoms with Crippen LogP contribution in [0.3, 0.4) is 0 Å². The van der Waals surface area contributed by atoms with E-state index < -0.39 is 21.6 Å². The van der Waals surface area contributed by atoms with Crippen molar-refractivity contribution >= 4 is 15.9 Å². The summed E-state index contributed by atoms with van der Waals surface area (Å²) in [5.74, 6) is -0.402. The van der Waals surface area contributed by atoms with Gasteiger partial charge in [-0.1, -0.05) is 5.16 Å². The average Bonchev–Trinajstić information content (AvgIpc) is 3.23. The molecular weight excluding hydrogens is 325 g/mol. The Morgan fingerprint density at radius 1 is 1.35 bits per heavy atom. The predicted octanol–water partition coefficient (Wildman–Crippen LogP) is 1.06. The van der Waals surface area contributed by atoms with Crippen LogP contribution in [0.4, 0.5) is 4.39 Å². The van der Waals surface area contributed by atoms with Crippen LogP contribution in [0.25, 0.3) is 0 Å². The van der Waals surface area contributed by atoms with Gasteiger partial charge in [-0.15, -0.1) is 0 Å². The number of halogens is 1. The van der Waals surface area contributed by atoms with E-state index in [1.54, 1.807) is 6.92 Å². The molecule has 1 aliphatic heterocycles. The Balaban J connectivity index is 1.72. The van der Waals surface area contributed by atoms with Crippen LogP contribution in [0, 0.1) is 13.8 Å². The molecule has 23 heavy (non-hydrogen) atoms. The van der Waals surface area contributed by atoms with Gasteiger partial charge in [0.1, 0.15) is 10.6 Å². The zero-order valence-electron chi connectivity index (χ0n) is 13.1. The molecule has 1 aliphatic carbocycles. The maximum atomic E-state index is 14.8. The Hall–Kier alpha value is -1.48. The van der Waals surface area contributed by atoms with Gasteiger partial charge >= 0.3 is 0 Å². The van der Waals surface area contributed by atoms with E-state index in [0.29, 0.717) is 0 Å². The highest BCUT2D eigenvalue weighted by atomic mass is 32.2. The summed E-state index contributed by atoms with van der Waals surface area (Å²) in [6, 6.07) is 0.0826. The Labute approximate surface area is 134 Å². The number of amides is 1. The number of nitrogens with one attached hydrogen (secondary N) is 1. The average molecular weight is 345 g/mol. The standard InChI is InChI=1S/C14H20FN3O4S/c1-9-12(10(2)22-17-9)23(20,21)18-7-5-14(15,6-8-18)13(19)16-11-3-4-11/h11H,3-8H2,1-2H3,(H,16,19). The van der Waals surface area contributed by atoms with Crippen molar-refractivity contribution in [1.29, 1.82) is 0 Å². The normalized spacial score (nSPS) is 22.0. The summed E-state index contributed by atoms with van der Waals surface area (Å²) in [5.41, 5.74) is -1.71. The van der Waals surface area contributed by atoms with Gasteiger partial charge in [0.05, 0.1) is 0 Å². The molecule has 7 nitrogen and oxygen atoms in total. The highest BCUT2D eigenvalue weighted by Crippen LogP contribution is 2.32. The lowest BCUT2D eigenvalue weighted by Crippen LogP contribution is -2.52. The molecule has 2 heterocycles. The van der Waals surface area contributed by atoms with Crippen LogP contribution in [0.2, 0.25) is 0 Å². The molecule has 0 atom stereocenters. The van der Waals surface area contributed by atoms with Gasteiger partial charge in [-0.2, -0.15) is 4.31 Å². The lowest BCUT2D eigenvalue weighted by Gasteiger charge is -2.34. The monoisotopic (exact) mass is 345 g/mol. The Bertz CT molecular complexity index is 699. The second kappa shape index (κ2) is 5.55. The van der Waals surface area contributed by atoms with Crippen molar-refractivity contribution < 1.29 is 22.1 Å². The SMILES string of the molecule is Cc1noc(C)c1S(=O)(=O)N1CCC(F)(C(=O)NC2CC2)CC1. The predicted molar refractivity (Wildman–Crippen MR) is 79.0 cm³/mol. The van der Waals surface area contributed by atoms with Gasteiger partial charge in [0.15, 0.2) is 11.4 Å². The van der Waals surface area contributed by atoms with Crippen molar-refractivity contribution in [3.05, 3.63) is 11.5 Å². The van der Waals surface area contributed by atoms with Crippen molar-refractivity contribution in [3.8, 4) is 0 Å². The van der Waals surface area contributed by atoms with Crippen LogP contribution < -0.4 is 5.32 Å². The third-order valence-electron chi connectivity index (χ3n) is 4.40. The molecule has 2 fully saturated rings. The molecule has 0 spiro atoms. The zero-order chi connectivity index (χ0) is 16.8. The number of aryl methyl sites for hydroxylation is 2. The summed E-state index contributed by atoms with van der Waals surface area (Å²) in [6.07, 6.45) is 1.48. The maximum Gasteiger partial charge on any atom is 0.257 e. The first-order chi connectivity index (χ1) is 10.7. The zero-order valence-corrected chi connectivity index (χ0v) is 14.0. The number of nitrogens with zero attached hydrogens (tertiary/aromatic N) is 2. The number of sulfonamides is 1. The van der Waals surface area contributed by atoms with Crippen LogP contribution in [0.1, 0.15) is 37.1 Å². The minimum Gasteiger partial charge on any atom is -0.360 e. The van der Waals surface area contributed by atoms with E-state index in [0.717, 1.165) is 12.8 Å². The lowest BCUT2D eigenvalue weighted by molar-refractivity contribution is -0.135. The van der Waals surface area contributed by atoms with Crippen LogP contribution in [-0.4, -0.2) is 48.6 Å². The number of hydrogen-bond donors (Lipinski definition) is 1. The molecule has 1 amide bonds. The minimum absolute atomic E-state index is 0.0336. The Kier molecular flexibility index (Phi) is 3.96. The highest BCUT2D eigenvalue weighted by Gasteiger charge is 2.46. The van der Waals surface area contributed by atoms with E-state index in [-0.39, 0.29) is 48.3 Å². The number of hydrogen-bond acceptors (Lipinski definition) is 5. The molecule has 0 radical (unpaired) electrons. The number of carbonyl (C=O) groups is 1. The van der Waals surface area contributed by atoms with Crippen molar-refractivity contribution in [1.82, 2.24) is 14.8 Å². The topological polar surface area (TPSA) is 92.5 Å². The summed E-state index contributed by atoms with van der Waals surface area (Å²) in [5, 5.41) is 6.31. The molecule has 0 aromatic carbocycles. The maximum absolute atomic E-state index is 14.8. The Morgan fingerprint density at radius 3 is 2.43 bits per heavy atom. The van der Waals surface area contributed by atoms with Crippen molar-refractivity contribution in [2.45, 2.75) is 56.1 Å². The molecule has 1 saturated carbocycles. The van der Waals surface area contributed by atoms with Crippen molar-refractivity contribution in [3.63, 3.8) is 0 Å². The fourth-order valence-electron chi connectivity index (χ4n) is 2.82. The molecular formula is C14H20FN3O4S. The quantitative estimate of drug-likeness (QED) is 0.881. The molecule has 9 heteroatoms. The first-order valence-corrected chi connectivity index (χ1v) is 9.11. The van der Waals surface area contributed by atoms with E-state index in [1.165, 1.54) is 11.2 Å². The molecule has 1 saturated heterocycles. The van der Waals surface area contributed by atoms with Gasteiger partial charge in [-0.3, -0.25) is 4.79 Å². The summed E-state index contributed by atoms with van der Waals surface area (Å²) in [4.78, 5) is 12.0. The van der Waals surface area contributed by atoms with Crippen LogP contribution in [-0.2, 0) is 14.8 Å². The molecule has 0 bridgehead atoms. The summed E-state index contributed by atoms with van der Waals surface area (Å²) < 4.78 is 46.2. The number of alkyl halides is 1. The first-order valence-electron chi connectivity index (χ1n) is 7.67. The molecule has 2 aliphatic rings. The number of aromatic nitrogens is 1. The van der Waals surface area contributed by atoms with Crippen molar-refractivity contribution in [2.24, 2.45) is 0 Å². The largest absolute Gasteiger partial charge is 0.360 e. The van der Waals surface area contributed by atoms with Gasteiger partial charge in [-0.25, -0.2) is 12.8 Å². The minimum atomic E-state index is -3.79. The van der Waals surface area contributed by atoms with Gasteiger partial charge in [-0.05, 0) is 26.7 Å². The van der Waals surface area contributed by atoms with E-state index in [2.05, 4.69) is 10.5 Å². The van der Waals surface area contributed by atoms with E-state index in [1.807, 2.05) is 0 Å². The van der Waals surface area contributed by atoms with Gasteiger partial charge < -0.3 is 9.84 Å².